The molecule has 0 radical (unpaired) electrons. The Morgan fingerprint density at radius 3 is 2.94 bits per heavy atom. The predicted octanol–water partition coefficient (Wildman–Crippen LogP) is 4.63. The van der Waals surface area contributed by atoms with Crippen molar-refractivity contribution in [2.75, 3.05) is 18.4 Å². The highest BCUT2D eigenvalue weighted by atomic mass is 32.1. The van der Waals surface area contributed by atoms with Gasteiger partial charge in [-0.25, -0.2) is 4.98 Å². The molecule has 1 aliphatic heterocycles. The van der Waals surface area contributed by atoms with Gasteiger partial charge in [-0.05, 0) is 38.0 Å². The van der Waals surface area contributed by atoms with Gasteiger partial charge in [-0.15, -0.1) is 22.7 Å². The number of fused-ring (bicyclic) bond motifs is 2. The van der Waals surface area contributed by atoms with Gasteiger partial charge in [0.1, 0.15) is 10.0 Å². The molecule has 1 aromatic carbocycles. The van der Waals surface area contributed by atoms with Crippen LogP contribution in [0.3, 0.4) is 0 Å². The maximum atomic E-state index is 12.8. The number of thiazole rings is 1. The summed E-state index contributed by atoms with van der Waals surface area (Å²) in [7, 11) is 0. The molecule has 1 aliphatic rings. The van der Waals surface area contributed by atoms with Crippen molar-refractivity contribution in [2.45, 2.75) is 45.8 Å². The molecule has 33 heavy (non-hydrogen) atoms. The Kier molecular flexibility index (Phi) is 6.55. The lowest BCUT2D eigenvalue weighted by Crippen LogP contribution is -2.35. The molecule has 0 aliphatic carbocycles. The summed E-state index contributed by atoms with van der Waals surface area (Å²) in [5, 5.41) is 15.2. The van der Waals surface area contributed by atoms with Gasteiger partial charge < -0.3 is 10.6 Å². The zero-order chi connectivity index (χ0) is 22.8. The Morgan fingerprint density at radius 2 is 2.15 bits per heavy atom. The van der Waals surface area contributed by atoms with E-state index in [1.165, 1.54) is 15.1 Å². The van der Waals surface area contributed by atoms with E-state index in [0.717, 1.165) is 46.2 Å². The van der Waals surface area contributed by atoms with Gasteiger partial charge >= 0.3 is 0 Å². The fourth-order valence-corrected chi connectivity index (χ4v) is 6.56. The van der Waals surface area contributed by atoms with Crippen LogP contribution in [0.15, 0.2) is 36.7 Å². The molecular weight excluding hydrogens is 452 g/mol. The number of nitrogens with zero attached hydrogens (tertiary/aromatic N) is 3. The van der Waals surface area contributed by atoms with Gasteiger partial charge in [0.05, 0.1) is 16.4 Å². The Balaban J connectivity index is 1.37. The number of thiophene rings is 1. The zero-order valence-electron chi connectivity index (χ0n) is 18.9. The SMILES string of the molecule is CC(C)N1CCc2c(sc(NC(=O)CCNCc3cn[nH]c3)c2-c2nc3ccccc3s2)C1. The van der Waals surface area contributed by atoms with E-state index in [0.29, 0.717) is 25.6 Å². The van der Waals surface area contributed by atoms with Crippen molar-refractivity contribution in [3.8, 4) is 10.6 Å². The number of nitrogens with one attached hydrogen (secondary N) is 3. The number of amides is 1. The molecule has 3 N–H and O–H groups in total. The minimum atomic E-state index is 0.0244. The number of anilines is 1. The second kappa shape index (κ2) is 9.72. The van der Waals surface area contributed by atoms with Crippen LogP contribution in [-0.2, 0) is 24.3 Å². The zero-order valence-corrected chi connectivity index (χ0v) is 20.5. The highest BCUT2D eigenvalue weighted by molar-refractivity contribution is 7.22. The minimum Gasteiger partial charge on any atom is -0.317 e. The molecule has 0 unspecified atom stereocenters. The molecule has 0 spiro atoms. The summed E-state index contributed by atoms with van der Waals surface area (Å²) >= 11 is 3.42. The predicted molar refractivity (Wildman–Crippen MR) is 136 cm³/mol. The maximum Gasteiger partial charge on any atom is 0.226 e. The molecule has 4 aromatic rings. The molecule has 0 saturated heterocycles. The van der Waals surface area contributed by atoms with Crippen molar-refractivity contribution >= 4 is 43.8 Å². The number of carbonyl (C=O) groups is 1. The lowest BCUT2D eigenvalue weighted by Gasteiger charge is -2.30. The fraction of sp³-hybridized carbons (Fsp3) is 0.375. The van der Waals surface area contributed by atoms with Crippen LogP contribution in [-0.4, -0.2) is 45.1 Å². The van der Waals surface area contributed by atoms with Crippen molar-refractivity contribution in [1.82, 2.24) is 25.4 Å². The first kappa shape index (κ1) is 22.2. The summed E-state index contributed by atoms with van der Waals surface area (Å²) in [6.45, 7) is 7.75. The Morgan fingerprint density at radius 1 is 1.27 bits per heavy atom. The Hall–Kier alpha value is -2.59. The molecule has 3 aromatic heterocycles. The summed E-state index contributed by atoms with van der Waals surface area (Å²) in [4.78, 5) is 21.6. The van der Waals surface area contributed by atoms with Crippen molar-refractivity contribution in [3.63, 3.8) is 0 Å². The lowest BCUT2D eigenvalue weighted by atomic mass is 10.0. The Labute approximate surface area is 201 Å². The number of carbonyl (C=O) groups excluding carboxylic acids is 1. The van der Waals surface area contributed by atoms with Gasteiger partial charge in [0.2, 0.25) is 5.91 Å². The minimum absolute atomic E-state index is 0.0244. The second-order valence-electron chi connectivity index (χ2n) is 8.59. The number of aromatic amines is 1. The maximum absolute atomic E-state index is 12.8. The van der Waals surface area contributed by atoms with E-state index in [9.17, 15) is 4.79 Å². The molecular formula is C24H28N6OS2. The summed E-state index contributed by atoms with van der Waals surface area (Å²) in [6.07, 6.45) is 5.04. The van der Waals surface area contributed by atoms with E-state index in [1.54, 1.807) is 28.9 Å². The topological polar surface area (TPSA) is 85.9 Å². The molecule has 1 amide bonds. The summed E-state index contributed by atoms with van der Waals surface area (Å²) in [5.74, 6) is 0.0244. The van der Waals surface area contributed by atoms with Crippen LogP contribution in [0.5, 0.6) is 0 Å². The molecule has 0 bridgehead atoms. The van der Waals surface area contributed by atoms with Gasteiger partial charge in [0.25, 0.3) is 0 Å². The summed E-state index contributed by atoms with van der Waals surface area (Å²) in [5.41, 5.74) is 4.57. The van der Waals surface area contributed by atoms with Crippen LogP contribution in [0.2, 0.25) is 0 Å². The number of benzene rings is 1. The van der Waals surface area contributed by atoms with Gasteiger partial charge in [0.15, 0.2) is 0 Å². The number of hydrogen-bond acceptors (Lipinski definition) is 7. The van der Waals surface area contributed by atoms with E-state index in [-0.39, 0.29) is 5.91 Å². The highest BCUT2D eigenvalue weighted by Gasteiger charge is 2.28. The number of hydrogen-bond donors (Lipinski definition) is 3. The molecule has 0 atom stereocenters. The third kappa shape index (κ3) is 4.86. The number of para-hydroxylation sites is 1. The van der Waals surface area contributed by atoms with Crippen LogP contribution in [0, 0.1) is 0 Å². The number of H-pyrrole nitrogens is 1. The van der Waals surface area contributed by atoms with Gasteiger partial charge in [-0.2, -0.15) is 5.10 Å². The van der Waals surface area contributed by atoms with Gasteiger partial charge in [0, 0.05) is 60.8 Å². The summed E-state index contributed by atoms with van der Waals surface area (Å²) in [6, 6.07) is 8.74. The first-order valence-corrected chi connectivity index (χ1v) is 12.9. The van der Waals surface area contributed by atoms with Crippen molar-refractivity contribution < 1.29 is 4.79 Å². The van der Waals surface area contributed by atoms with Crippen LogP contribution in [0.1, 0.15) is 36.3 Å². The smallest absolute Gasteiger partial charge is 0.226 e. The summed E-state index contributed by atoms with van der Waals surface area (Å²) < 4.78 is 1.17. The number of rotatable bonds is 8. The van der Waals surface area contributed by atoms with E-state index in [1.807, 2.05) is 18.3 Å². The van der Waals surface area contributed by atoms with Gasteiger partial charge in [-0.3, -0.25) is 14.8 Å². The standard InChI is InChI=1S/C24H28N6OS2/c1-15(2)30-10-8-17-20(14-30)33-24(22(17)23-28-18-5-3-4-6-19(18)32-23)29-21(31)7-9-25-11-16-12-26-27-13-16/h3-6,12-13,15,25H,7-11,14H2,1-2H3,(H,26,27)(H,29,31). The van der Waals surface area contributed by atoms with Crippen LogP contribution >= 0.6 is 22.7 Å². The molecule has 7 nitrogen and oxygen atoms in total. The Bertz CT molecular complexity index is 1210. The molecule has 9 heteroatoms. The second-order valence-corrected chi connectivity index (χ2v) is 10.7. The molecule has 4 heterocycles. The van der Waals surface area contributed by atoms with Crippen molar-refractivity contribution in [3.05, 3.63) is 52.7 Å². The first-order valence-electron chi connectivity index (χ1n) is 11.3. The third-order valence-electron chi connectivity index (χ3n) is 5.99. The highest BCUT2D eigenvalue weighted by Crippen LogP contribution is 2.45. The first-order chi connectivity index (χ1) is 16.1. The van der Waals surface area contributed by atoms with Crippen molar-refractivity contribution in [2.24, 2.45) is 0 Å². The van der Waals surface area contributed by atoms with Crippen LogP contribution in [0.4, 0.5) is 5.00 Å². The van der Waals surface area contributed by atoms with Crippen LogP contribution < -0.4 is 10.6 Å². The molecule has 0 fully saturated rings. The van der Waals surface area contributed by atoms with E-state index in [4.69, 9.17) is 4.98 Å². The molecule has 172 valence electrons. The molecule has 5 rings (SSSR count). The molecule has 0 saturated carbocycles. The van der Waals surface area contributed by atoms with E-state index < -0.39 is 0 Å². The normalized spacial score (nSPS) is 14.2. The van der Waals surface area contributed by atoms with E-state index >= 15 is 0 Å². The average molecular weight is 481 g/mol. The lowest BCUT2D eigenvalue weighted by molar-refractivity contribution is -0.116. The van der Waals surface area contributed by atoms with E-state index in [2.05, 4.69) is 51.7 Å². The van der Waals surface area contributed by atoms with Crippen molar-refractivity contribution in [1.29, 1.82) is 0 Å². The third-order valence-corrected chi connectivity index (χ3v) is 8.18. The monoisotopic (exact) mass is 480 g/mol. The van der Waals surface area contributed by atoms with Gasteiger partial charge in [-0.1, -0.05) is 12.1 Å². The fourth-order valence-electron chi connectivity index (χ4n) is 4.16. The largest absolute Gasteiger partial charge is 0.317 e. The van der Waals surface area contributed by atoms with Crippen LogP contribution in [0.25, 0.3) is 20.8 Å². The average Bonchev–Trinajstić information content (AvgIpc) is 3.53. The number of aromatic nitrogens is 3. The quantitative estimate of drug-likeness (QED) is 0.320.